The van der Waals surface area contributed by atoms with Crippen LogP contribution in [-0.4, -0.2) is 33.2 Å². The Morgan fingerprint density at radius 2 is 1.92 bits per heavy atom. The molecule has 1 atom stereocenters. The van der Waals surface area contributed by atoms with Crippen molar-refractivity contribution in [2.24, 2.45) is 5.73 Å². The molecule has 1 aliphatic rings. The zero-order valence-electron chi connectivity index (χ0n) is 15.3. The molecule has 26 heavy (non-hydrogen) atoms. The van der Waals surface area contributed by atoms with Crippen molar-refractivity contribution in [2.45, 2.75) is 63.5 Å². The standard InChI is InChI=1S/C20H26N2O4/c1-19(10-6-3-7-11-19)26-17(23)16-14(12-20(2,21)18(24)25)13-8-4-5-9-15(13)22-16/h4-5,8-9,22H,3,6-7,10-12,21H2,1-2H3,(H,24,25)/t20-/m1/s1. The van der Waals surface area contributed by atoms with Crippen molar-refractivity contribution in [2.75, 3.05) is 0 Å². The number of benzene rings is 1. The van der Waals surface area contributed by atoms with Crippen molar-refractivity contribution in [1.82, 2.24) is 4.98 Å². The summed E-state index contributed by atoms with van der Waals surface area (Å²) in [5.41, 5.74) is 5.67. The van der Waals surface area contributed by atoms with Crippen molar-refractivity contribution in [3.05, 3.63) is 35.5 Å². The number of carbonyl (C=O) groups excluding carboxylic acids is 1. The van der Waals surface area contributed by atoms with Crippen LogP contribution >= 0.6 is 0 Å². The second-order valence-corrected chi connectivity index (χ2v) is 7.82. The van der Waals surface area contributed by atoms with Gasteiger partial charge in [0.05, 0.1) is 0 Å². The van der Waals surface area contributed by atoms with Gasteiger partial charge in [-0.2, -0.15) is 0 Å². The molecule has 6 nitrogen and oxygen atoms in total. The maximum atomic E-state index is 12.9. The van der Waals surface area contributed by atoms with E-state index in [-0.39, 0.29) is 6.42 Å². The molecule has 140 valence electrons. The summed E-state index contributed by atoms with van der Waals surface area (Å²) in [5.74, 6) is -1.55. The normalized spacial score (nSPS) is 19.0. The molecule has 0 radical (unpaired) electrons. The Hall–Kier alpha value is -2.34. The highest BCUT2D eigenvalue weighted by Crippen LogP contribution is 2.33. The molecule has 0 saturated heterocycles. The number of esters is 1. The Morgan fingerprint density at radius 3 is 2.58 bits per heavy atom. The third-order valence-corrected chi connectivity index (χ3v) is 5.30. The van der Waals surface area contributed by atoms with Crippen molar-refractivity contribution in [1.29, 1.82) is 0 Å². The molecule has 1 fully saturated rings. The van der Waals surface area contributed by atoms with E-state index in [1.54, 1.807) is 0 Å². The number of carboxylic acids is 1. The average molecular weight is 358 g/mol. The van der Waals surface area contributed by atoms with Crippen molar-refractivity contribution < 1.29 is 19.4 Å². The van der Waals surface area contributed by atoms with E-state index in [0.717, 1.165) is 43.0 Å². The van der Waals surface area contributed by atoms with Crippen LogP contribution in [0.3, 0.4) is 0 Å². The van der Waals surface area contributed by atoms with Crippen LogP contribution in [0.25, 0.3) is 10.9 Å². The summed E-state index contributed by atoms with van der Waals surface area (Å²) in [6.07, 6.45) is 4.98. The first kappa shape index (κ1) is 18.5. The Labute approximate surface area is 152 Å². The summed E-state index contributed by atoms with van der Waals surface area (Å²) in [6, 6.07) is 7.43. The lowest BCUT2D eigenvalue weighted by Gasteiger charge is -2.33. The third kappa shape index (κ3) is 3.60. The third-order valence-electron chi connectivity index (χ3n) is 5.30. The van der Waals surface area contributed by atoms with E-state index in [2.05, 4.69) is 4.98 Å². The van der Waals surface area contributed by atoms with Gasteiger partial charge >= 0.3 is 11.9 Å². The summed E-state index contributed by atoms with van der Waals surface area (Å²) < 4.78 is 5.85. The number of hydrogen-bond acceptors (Lipinski definition) is 4. The topological polar surface area (TPSA) is 105 Å². The Balaban J connectivity index is 1.98. The van der Waals surface area contributed by atoms with E-state index < -0.39 is 23.1 Å². The van der Waals surface area contributed by atoms with Crippen LogP contribution in [0.15, 0.2) is 24.3 Å². The summed E-state index contributed by atoms with van der Waals surface area (Å²) in [4.78, 5) is 27.5. The number of rotatable bonds is 5. The first-order valence-corrected chi connectivity index (χ1v) is 9.07. The molecule has 0 spiro atoms. The molecular formula is C20H26N2O4. The van der Waals surface area contributed by atoms with Crippen molar-refractivity contribution in [3.63, 3.8) is 0 Å². The number of H-pyrrole nitrogens is 1. The van der Waals surface area contributed by atoms with Gasteiger partial charge < -0.3 is 20.6 Å². The minimum Gasteiger partial charge on any atom is -0.480 e. The molecule has 0 unspecified atom stereocenters. The number of carbonyl (C=O) groups is 2. The predicted molar refractivity (Wildman–Crippen MR) is 99.1 cm³/mol. The summed E-state index contributed by atoms with van der Waals surface area (Å²) in [7, 11) is 0. The van der Waals surface area contributed by atoms with Gasteiger partial charge in [0.25, 0.3) is 0 Å². The van der Waals surface area contributed by atoms with Crippen LogP contribution in [0, 0.1) is 0 Å². The minimum absolute atomic E-state index is 0.0352. The van der Waals surface area contributed by atoms with E-state index >= 15 is 0 Å². The highest BCUT2D eigenvalue weighted by Gasteiger charge is 2.35. The molecule has 1 aromatic carbocycles. The van der Waals surface area contributed by atoms with Crippen LogP contribution in [0.5, 0.6) is 0 Å². The van der Waals surface area contributed by atoms with E-state index in [1.165, 1.54) is 6.92 Å². The summed E-state index contributed by atoms with van der Waals surface area (Å²) in [6.45, 7) is 3.42. The molecule has 1 aliphatic carbocycles. The summed E-state index contributed by atoms with van der Waals surface area (Å²) in [5, 5.41) is 10.2. The zero-order valence-corrected chi connectivity index (χ0v) is 15.3. The molecular weight excluding hydrogens is 332 g/mol. The molecule has 1 heterocycles. The first-order valence-electron chi connectivity index (χ1n) is 9.07. The van der Waals surface area contributed by atoms with Gasteiger partial charge in [-0.25, -0.2) is 4.79 Å². The Morgan fingerprint density at radius 1 is 1.27 bits per heavy atom. The fourth-order valence-corrected chi connectivity index (χ4v) is 3.68. The lowest BCUT2D eigenvalue weighted by molar-refractivity contribution is -0.142. The van der Waals surface area contributed by atoms with Gasteiger partial charge in [0.1, 0.15) is 16.8 Å². The van der Waals surface area contributed by atoms with Gasteiger partial charge in [0.2, 0.25) is 0 Å². The number of fused-ring (bicyclic) bond motifs is 1. The average Bonchev–Trinajstić information content (AvgIpc) is 2.93. The number of nitrogens with two attached hydrogens (primary N) is 1. The first-order chi connectivity index (χ1) is 12.2. The van der Waals surface area contributed by atoms with Gasteiger partial charge in [0.15, 0.2) is 0 Å². The van der Waals surface area contributed by atoms with Crippen LogP contribution in [0.1, 0.15) is 62.0 Å². The number of hydrogen-bond donors (Lipinski definition) is 3. The van der Waals surface area contributed by atoms with Crippen LogP contribution in [0.4, 0.5) is 0 Å². The molecule has 1 aromatic heterocycles. The van der Waals surface area contributed by atoms with E-state index in [1.807, 2.05) is 31.2 Å². The van der Waals surface area contributed by atoms with E-state index in [0.29, 0.717) is 11.3 Å². The molecule has 4 N–H and O–H groups in total. The second kappa shape index (κ2) is 6.76. The largest absolute Gasteiger partial charge is 0.480 e. The van der Waals surface area contributed by atoms with Crippen LogP contribution < -0.4 is 5.73 Å². The van der Waals surface area contributed by atoms with E-state index in [4.69, 9.17) is 10.5 Å². The van der Waals surface area contributed by atoms with Crippen LogP contribution in [0.2, 0.25) is 0 Å². The van der Waals surface area contributed by atoms with Crippen molar-refractivity contribution in [3.8, 4) is 0 Å². The predicted octanol–water partition coefficient (Wildman–Crippen LogP) is 3.39. The quantitative estimate of drug-likeness (QED) is 0.711. The molecule has 1 saturated carbocycles. The molecule has 0 amide bonds. The molecule has 3 rings (SSSR count). The highest BCUT2D eigenvalue weighted by molar-refractivity contribution is 5.99. The van der Waals surface area contributed by atoms with Gasteiger partial charge in [-0.1, -0.05) is 24.6 Å². The highest BCUT2D eigenvalue weighted by atomic mass is 16.6. The van der Waals surface area contributed by atoms with Gasteiger partial charge in [-0.15, -0.1) is 0 Å². The number of aliphatic carboxylic acids is 1. The minimum atomic E-state index is -1.48. The fourth-order valence-electron chi connectivity index (χ4n) is 3.68. The number of aromatic nitrogens is 1. The number of carboxylic acid groups (broad SMARTS) is 1. The second-order valence-electron chi connectivity index (χ2n) is 7.82. The maximum absolute atomic E-state index is 12.9. The number of nitrogens with one attached hydrogen (secondary N) is 1. The SMILES string of the molecule is CC1(OC(=O)c2[nH]c3ccccc3c2C[C@@](C)(N)C(=O)O)CCCCC1. The van der Waals surface area contributed by atoms with Gasteiger partial charge in [0, 0.05) is 17.3 Å². The number of ether oxygens (including phenoxy) is 1. The van der Waals surface area contributed by atoms with E-state index in [9.17, 15) is 14.7 Å². The fraction of sp³-hybridized carbons (Fsp3) is 0.500. The molecule has 6 heteroatoms. The lowest BCUT2D eigenvalue weighted by Crippen LogP contribution is -2.47. The maximum Gasteiger partial charge on any atom is 0.355 e. The monoisotopic (exact) mass is 358 g/mol. The molecule has 2 aromatic rings. The van der Waals surface area contributed by atoms with Gasteiger partial charge in [-0.3, -0.25) is 4.79 Å². The lowest BCUT2D eigenvalue weighted by atomic mass is 9.86. The van der Waals surface area contributed by atoms with Crippen LogP contribution in [-0.2, 0) is 16.0 Å². The molecule has 0 bridgehead atoms. The Kier molecular flexibility index (Phi) is 4.80. The number of aromatic amines is 1. The zero-order chi connectivity index (χ0) is 18.9. The smallest absolute Gasteiger partial charge is 0.355 e. The van der Waals surface area contributed by atoms with Gasteiger partial charge in [-0.05, 0) is 51.2 Å². The number of para-hydroxylation sites is 1. The summed E-state index contributed by atoms with van der Waals surface area (Å²) >= 11 is 0. The Bertz CT molecular complexity index is 831. The van der Waals surface area contributed by atoms with Crippen molar-refractivity contribution >= 4 is 22.8 Å². The molecule has 0 aliphatic heterocycles.